The van der Waals surface area contributed by atoms with Crippen LogP contribution in [0.3, 0.4) is 0 Å². The van der Waals surface area contributed by atoms with Crippen molar-refractivity contribution in [2.45, 2.75) is 214 Å². The van der Waals surface area contributed by atoms with Crippen LogP contribution in [0.25, 0.3) is 33.8 Å². The van der Waals surface area contributed by atoms with Gasteiger partial charge in [0.25, 0.3) is 0 Å². The molecule has 3 aromatic heterocycles. The van der Waals surface area contributed by atoms with E-state index in [9.17, 15) is 87.4 Å². The Morgan fingerprint density at radius 2 is 1.17 bits per heavy atom. The lowest BCUT2D eigenvalue weighted by Gasteiger charge is -2.49. The van der Waals surface area contributed by atoms with Crippen LogP contribution in [0.4, 0.5) is 22.0 Å². The van der Waals surface area contributed by atoms with E-state index in [0.717, 1.165) is 22.4 Å². The van der Waals surface area contributed by atoms with Crippen LogP contribution in [0, 0.1) is 47.8 Å². The summed E-state index contributed by atoms with van der Waals surface area (Å²) in [7, 11) is 0. The fourth-order valence-electron chi connectivity index (χ4n) is 14.1. The number of hydrogen-bond donors (Lipinski definition) is 12. The van der Waals surface area contributed by atoms with Gasteiger partial charge in [0.15, 0.2) is 54.1 Å². The third-order valence-corrected chi connectivity index (χ3v) is 19.6. The van der Waals surface area contributed by atoms with Gasteiger partial charge >= 0.3 is 5.97 Å². The number of benzene rings is 3. The SMILES string of the molecule is CCC[C@H](OC1C(NC(C)=O)[C@H](O[C@@H]2CC(C(=O)CCCNC(=O)[C@H]3CC(n4cc(-c5cc(F)c(F)c(F)c5)nn4)C(O)[C@H](O[C@@H]4OC(CO)[C@H](O)C(n5cc(-c6cc(C)c(F)c(F)c6)nn5)[C@H]4O)C3)CC(n3cc(-c4ccccc4)nn3)[C@H]2O[C@@H]2OC(C)[C@@H](O)[C@H](O)C2O)O[C@@H](CO)[C@@H]1O)C(=O)O. The van der Waals surface area contributed by atoms with E-state index in [1.807, 2.05) is 0 Å². The zero-order valence-electron chi connectivity index (χ0n) is 56.4. The number of ether oxygens (including phenoxy) is 7. The van der Waals surface area contributed by atoms with Crippen molar-refractivity contribution in [2.75, 3.05) is 19.8 Å². The molecule has 104 heavy (non-hydrogen) atoms. The van der Waals surface area contributed by atoms with E-state index in [4.69, 9.17) is 33.2 Å². The number of aromatic nitrogens is 9. The molecular formula is C67H82F5N11O21. The standard InChI is InChI=1S/C67H82F5N11O21/c1-5-10-45(64(96)97)99-62-52(74-30(4)86)65(102-49(27-85)57(62)91)101-47-21-34(19-43(82-23-39(75-79-82)31-11-7-6-8-12-31)61(47)104-67-60(94)59(93)54(88)29(3)98-67)44(87)13-9-14-73-63(95)35-20-42(81-24-40(76-78-81)33-17-37(69)51(72)38(70)18-33)55(89)46(22-35)100-66-58(92)53(56(90)48(26-84)103-66)83-25-41(77-80-83)32-15-28(2)50(71)36(68)16-32/h6-8,11-12,15-18,23-25,29,34-35,42-43,45-49,52-62,65-67,84-85,88-94H,5,9-10,13-14,19-22,26-27H2,1-4H3,(H,73,95)(H,74,86)(H,96,97)/t29?,34?,35-,42?,43?,45-,46+,47+,48?,49-,52?,53?,54+,55?,56-,57-,58+,59-,60?,61+,62?,65+,66+,67-/m0/s1. The lowest BCUT2D eigenvalue weighted by atomic mass is 9.78. The van der Waals surface area contributed by atoms with Crippen molar-refractivity contribution in [3.05, 3.63) is 108 Å². The van der Waals surface area contributed by atoms with Crippen LogP contribution in [-0.4, -0.2) is 256 Å². The number of aliphatic hydroxyl groups is 9. The molecule has 5 fully saturated rings. The summed E-state index contributed by atoms with van der Waals surface area (Å²) >= 11 is 0. The van der Waals surface area contributed by atoms with Crippen molar-refractivity contribution in [3.8, 4) is 33.8 Å². The topological polar surface area (TPSA) is 451 Å². The van der Waals surface area contributed by atoms with Crippen molar-refractivity contribution < 1.29 is 125 Å². The number of ketones is 1. The molecule has 12 N–H and O–H groups in total. The Balaban J connectivity index is 0.860. The molecule has 37 heteroatoms. The number of carboxylic acid groups (broad SMARTS) is 1. The average Bonchev–Trinajstić information content (AvgIpc) is 1.16. The predicted octanol–water partition coefficient (Wildman–Crippen LogP) is 0.780. The van der Waals surface area contributed by atoms with Crippen molar-refractivity contribution in [3.63, 3.8) is 0 Å². The Hall–Kier alpha value is -7.83. The first-order valence-electron chi connectivity index (χ1n) is 34.0. The Morgan fingerprint density at radius 3 is 1.80 bits per heavy atom. The molecule has 3 aliphatic heterocycles. The van der Waals surface area contributed by atoms with Crippen LogP contribution >= 0.6 is 0 Å². The maximum Gasteiger partial charge on any atom is 0.332 e. The van der Waals surface area contributed by atoms with Crippen LogP contribution in [0.1, 0.15) is 95.8 Å². The number of nitrogens with one attached hydrogen (secondary N) is 2. The van der Waals surface area contributed by atoms with Crippen LogP contribution in [-0.2, 0) is 52.3 Å². The molecule has 0 radical (unpaired) electrons. The van der Waals surface area contributed by atoms with E-state index in [0.29, 0.717) is 29.8 Å². The van der Waals surface area contributed by atoms with Crippen LogP contribution in [0.15, 0.2) is 73.2 Å². The third kappa shape index (κ3) is 16.7. The summed E-state index contributed by atoms with van der Waals surface area (Å²) in [6.07, 6.45) is -26.4. The molecule has 3 saturated heterocycles. The number of rotatable bonds is 26. The molecule has 2 amide bonds. The minimum Gasteiger partial charge on any atom is -0.479 e. The maximum atomic E-state index is 15.0. The number of halogens is 5. The molecule has 0 spiro atoms. The number of nitrogens with zero attached hydrogens (tertiary/aromatic N) is 9. The summed E-state index contributed by atoms with van der Waals surface area (Å²) < 4.78 is 119. The molecule has 5 aliphatic rings. The van der Waals surface area contributed by atoms with Crippen LogP contribution < -0.4 is 10.6 Å². The fraction of sp³-hybridized carbons (Fsp3) is 0.582. The molecule has 0 bridgehead atoms. The number of hydrogen-bond acceptors (Lipinski definition) is 26. The van der Waals surface area contributed by atoms with E-state index in [-0.39, 0.29) is 79.6 Å². The summed E-state index contributed by atoms with van der Waals surface area (Å²) in [5.74, 6) is -12.5. The predicted molar refractivity (Wildman–Crippen MR) is 342 cm³/mol. The Morgan fingerprint density at radius 1 is 0.615 bits per heavy atom. The highest BCUT2D eigenvalue weighted by molar-refractivity contribution is 5.82. The zero-order valence-corrected chi connectivity index (χ0v) is 56.4. The first-order valence-corrected chi connectivity index (χ1v) is 34.0. The van der Waals surface area contributed by atoms with Gasteiger partial charge in [0.1, 0.15) is 102 Å². The van der Waals surface area contributed by atoms with E-state index in [2.05, 4.69) is 41.6 Å². The quantitative estimate of drug-likeness (QED) is 0.0203. The van der Waals surface area contributed by atoms with E-state index in [1.54, 1.807) is 43.5 Å². The highest BCUT2D eigenvalue weighted by Crippen LogP contribution is 2.43. The van der Waals surface area contributed by atoms with Crippen molar-refractivity contribution in [1.29, 1.82) is 0 Å². The molecule has 566 valence electrons. The first kappa shape index (κ1) is 77.3. The second-order valence-corrected chi connectivity index (χ2v) is 26.8. The third-order valence-electron chi connectivity index (χ3n) is 19.6. The molecule has 10 unspecified atom stereocenters. The van der Waals surface area contributed by atoms with Gasteiger partial charge in [0.2, 0.25) is 11.8 Å². The highest BCUT2D eigenvalue weighted by Gasteiger charge is 2.55. The molecule has 6 heterocycles. The van der Waals surface area contributed by atoms with Crippen molar-refractivity contribution >= 4 is 23.6 Å². The summed E-state index contributed by atoms with van der Waals surface area (Å²) in [4.78, 5) is 55.2. The molecule has 24 atom stereocenters. The lowest BCUT2D eigenvalue weighted by Crippen LogP contribution is -2.67. The molecule has 3 aromatic carbocycles. The molecular weight excluding hydrogens is 1390 g/mol. The average molecular weight is 1470 g/mol. The normalized spacial score (nSPS) is 32.7. The van der Waals surface area contributed by atoms with E-state index in [1.165, 1.54) is 37.0 Å². The smallest absolute Gasteiger partial charge is 0.332 e. The highest BCUT2D eigenvalue weighted by atomic mass is 19.2. The number of aliphatic hydroxyl groups excluding tert-OH is 9. The lowest BCUT2D eigenvalue weighted by molar-refractivity contribution is -0.337. The zero-order chi connectivity index (χ0) is 74.7. The van der Waals surface area contributed by atoms with Crippen LogP contribution in [0.2, 0.25) is 0 Å². The van der Waals surface area contributed by atoms with Gasteiger partial charge in [-0.3, -0.25) is 14.4 Å². The molecule has 2 aliphatic carbocycles. The van der Waals surface area contributed by atoms with Gasteiger partial charge in [-0.25, -0.2) is 40.8 Å². The van der Waals surface area contributed by atoms with Gasteiger partial charge in [-0.1, -0.05) is 59.3 Å². The van der Waals surface area contributed by atoms with Crippen molar-refractivity contribution in [2.24, 2.45) is 11.8 Å². The monoisotopic (exact) mass is 1470 g/mol. The Kier molecular flexibility index (Phi) is 24.8. The van der Waals surface area contributed by atoms with Gasteiger partial charge in [-0.2, -0.15) is 0 Å². The number of amides is 2. The minimum absolute atomic E-state index is 0.0133. The summed E-state index contributed by atoms with van der Waals surface area (Å²) in [5.41, 5.74) is 0.539. The summed E-state index contributed by atoms with van der Waals surface area (Å²) in [6, 6.07) is 6.85. The number of carboxylic acids is 1. The van der Waals surface area contributed by atoms with Gasteiger partial charge in [0, 0.05) is 48.4 Å². The molecule has 11 rings (SSSR count). The number of aliphatic carboxylic acids is 1. The van der Waals surface area contributed by atoms with Crippen molar-refractivity contribution in [1.82, 2.24) is 55.6 Å². The largest absolute Gasteiger partial charge is 0.479 e. The van der Waals surface area contributed by atoms with Gasteiger partial charge in [-0.05, 0) is 82.2 Å². The molecule has 2 saturated carbocycles. The number of carbonyl (C=O) groups is 4. The fourth-order valence-corrected chi connectivity index (χ4v) is 14.1. The van der Waals surface area contributed by atoms with Gasteiger partial charge in [-0.15, -0.1) is 15.3 Å². The summed E-state index contributed by atoms with van der Waals surface area (Å²) in [5, 5.41) is 142. The minimum atomic E-state index is -1.91. The van der Waals surface area contributed by atoms with Gasteiger partial charge in [0.05, 0.1) is 62.2 Å². The first-order chi connectivity index (χ1) is 49.7. The molecule has 32 nitrogen and oxygen atoms in total. The number of aryl methyl sites for hydroxylation is 1. The molecule has 6 aromatic rings. The van der Waals surface area contributed by atoms with E-state index >= 15 is 4.79 Å². The van der Waals surface area contributed by atoms with Gasteiger partial charge < -0.3 is 94.9 Å². The second-order valence-electron chi connectivity index (χ2n) is 26.8. The number of Topliss-reactive ketones (excluding diaryl/α,β-unsaturated/α-hetero) is 1. The van der Waals surface area contributed by atoms with E-state index < -0.39 is 212 Å². The van der Waals surface area contributed by atoms with Crippen LogP contribution in [0.5, 0.6) is 0 Å². The Labute approximate surface area is 589 Å². The second kappa shape index (κ2) is 33.3. The Bertz CT molecular complexity index is 3910. The number of carbonyl (C=O) groups excluding carboxylic acids is 3. The summed E-state index contributed by atoms with van der Waals surface area (Å²) in [6.45, 7) is 3.63. The maximum absolute atomic E-state index is 15.0.